The second-order valence-corrected chi connectivity index (χ2v) is 2.69. The van der Waals surface area contributed by atoms with Gasteiger partial charge in [0.25, 0.3) is 0 Å². The summed E-state index contributed by atoms with van der Waals surface area (Å²) < 4.78 is 0. The van der Waals surface area contributed by atoms with Crippen LogP contribution in [0.4, 0.5) is 0 Å². The largest absolute Gasteiger partial charge is 0.337 e. The van der Waals surface area contributed by atoms with Crippen molar-refractivity contribution < 1.29 is 4.79 Å². The number of benzene rings is 1. The molecule has 0 atom stereocenters. The van der Waals surface area contributed by atoms with Crippen LogP contribution in [-0.4, -0.2) is 24.9 Å². The zero-order chi connectivity index (χ0) is 9.52. The Bertz CT molecular complexity index is 321. The van der Waals surface area contributed by atoms with E-state index in [-0.39, 0.29) is 0 Å². The van der Waals surface area contributed by atoms with Gasteiger partial charge < -0.3 is 4.90 Å². The second-order valence-electron chi connectivity index (χ2n) is 2.69. The molecule has 0 aromatic heterocycles. The highest BCUT2D eigenvalue weighted by Gasteiger charge is 1.86. The van der Waals surface area contributed by atoms with Crippen molar-refractivity contribution in [2.45, 2.75) is 0 Å². The number of hydrogen-bond donors (Lipinski definition) is 0. The molecule has 13 heavy (non-hydrogen) atoms. The molecule has 0 aliphatic carbocycles. The first-order chi connectivity index (χ1) is 6.33. The third kappa shape index (κ3) is 3.44. The Kier molecular flexibility index (Phi) is 3.59. The summed E-state index contributed by atoms with van der Waals surface area (Å²) in [5.74, 6) is 5.86. The van der Waals surface area contributed by atoms with Gasteiger partial charge in [-0.05, 0) is 12.1 Å². The first kappa shape index (κ1) is 9.34. The van der Waals surface area contributed by atoms with Crippen molar-refractivity contribution in [2.75, 3.05) is 13.6 Å². The van der Waals surface area contributed by atoms with E-state index >= 15 is 0 Å². The number of rotatable bonds is 2. The third-order valence-corrected chi connectivity index (χ3v) is 1.51. The van der Waals surface area contributed by atoms with E-state index in [1.165, 1.54) is 4.90 Å². The summed E-state index contributed by atoms with van der Waals surface area (Å²) in [5, 5.41) is 0. The van der Waals surface area contributed by atoms with E-state index in [4.69, 9.17) is 0 Å². The molecule has 0 unspecified atom stereocenters. The van der Waals surface area contributed by atoms with Gasteiger partial charge in [0.1, 0.15) is 0 Å². The Hall–Kier alpha value is -1.75. The lowest BCUT2D eigenvalue weighted by atomic mass is 10.2. The van der Waals surface area contributed by atoms with Crippen LogP contribution in [0.15, 0.2) is 30.3 Å². The third-order valence-electron chi connectivity index (χ3n) is 1.51. The summed E-state index contributed by atoms with van der Waals surface area (Å²) in [4.78, 5) is 11.7. The molecule has 0 fully saturated rings. The lowest BCUT2D eigenvalue weighted by Crippen LogP contribution is -2.15. The topological polar surface area (TPSA) is 20.3 Å². The highest BCUT2D eigenvalue weighted by molar-refractivity contribution is 5.47. The van der Waals surface area contributed by atoms with E-state index in [9.17, 15) is 4.79 Å². The van der Waals surface area contributed by atoms with Gasteiger partial charge in [0.2, 0.25) is 6.41 Å². The van der Waals surface area contributed by atoms with Gasteiger partial charge in [-0.1, -0.05) is 30.0 Å². The number of carbonyl (C=O) groups excluding carboxylic acids is 1. The van der Waals surface area contributed by atoms with Crippen LogP contribution in [0.25, 0.3) is 0 Å². The minimum atomic E-state index is 0.471. The van der Waals surface area contributed by atoms with Gasteiger partial charge in [-0.25, -0.2) is 0 Å². The molecule has 0 N–H and O–H groups in total. The quantitative estimate of drug-likeness (QED) is 0.485. The zero-order valence-corrected chi connectivity index (χ0v) is 7.53. The lowest BCUT2D eigenvalue weighted by molar-refractivity contribution is -0.116. The predicted molar refractivity (Wildman–Crippen MR) is 52.0 cm³/mol. The summed E-state index contributed by atoms with van der Waals surface area (Å²) >= 11 is 0. The van der Waals surface area contributed by atoms with Crippen LogP contribution in [0.5, 0.6) is 0 Å². The standard InChI is InChI=1S/C11H11NO/c1-12(10-13)9-5-8-11-6-3-2-4-7-11/h2-4,6-7,10H,9H2,1H3. The molecular weight excluding hydrogens is 162 g/mol. The SMILES string of the molecule is CN(C=O)CC#Cc1ccccc1. The molecule has 66 valence electrons. The van der Waals surface area contributed by atoms with Crippen molar-refractivity contribution in [1.82, 2.24) is 4.90 Å². The molecule has 1 aromatic rings. The van der Waals surface area contributed by atoms with E-state index in [0.717, 1.165) is 12.0 Å². The fraction of sp³-hybridized carbons (Fsp3) is 0.182. The predicted octanol–water partition coefficient (Wildman–Crippen LogP) is 1.13. The number of hydrogen-bond acceptors (Lipinski definition) is 1. The van der Waals surface area contributed by atoms with Crippen LogP contribution in [0, 0.1) is 11.8 Å². The molecule has 0 spiro atoms. The monoisotopic (exact) mass is 173 g/mol. The first-order valence-electron chi connectivity index (χ1n) is 4.02. The highest BCUT2D eigenvalue weighted by Crippen LogP contribution is 1.94. The Morgan fingerprint density at radius 1 is 1.38 bits per heavy atom. The lowest BCUT2D eigenvalue weighted by Gasteiger charge is -2.02. The molecule has 0 aliphatic heterocycles. The van der Waals surface area contributed by atoms with E-state index in [1.807, 2.05) is 30.3 Å². The van der Waals surface area contributed by atoms with E-state index in [1.54, 1.807) is 7.05 Å². The van der Waals surface area contributed by atoms with Gasteiger partial charge in [-0.2, -0.15) is 0 Å². The van der Waals surface area contributed by atoms with Crippen molar-refractivity contribution in [3.63, 3.8) is 0 Å². The molecule has 0 saturated carbocycles. The van der Waals surface area contributed by atoms with Crippen LogP contribution in [0.1, 0.15) is 5.56 Å². The van der Waals surface area contributed by atoms with Gasteiger partial charge in [-0.15, -0.1) is 0 Å². The van der Waals surface area contributed by atoms with Crippen molar-refractivity contribution >= 4 is 6.41 Å². The smallest absolute Gasteiger partial charge is 0.210 e. The van der Waals surface area contributed by atoms with Crippen molar-refractivity contribution in [1.29, 1.82) is 0 Å². The van der Waals surface area contributed by atoms with Gasteiger partial charge >= 0.3 is 0 Å². The van der Waals surface area contributed by atoms with Crippen LogP contribution < -0.4 is 0 Å². The molecule has 0 bridgehead atoms. The maximum atomic E-state index is 10.2. The van der Waals surface area contributed by atoms with Crippen molar-refractivity contribution in [3.05, 3.63) is 35.9 Å². The summed E-state index contributed by atoms with van der Waals surface area (Å²) in [7, 11) is 1.70. The summed E-state index contributed by atoms with van der Waals surface area (Å²) in [6.45, 7) is 0.471. The Morgan fingerprint density at radius 3 is 2.69 bits per heavy atom. The van der Waals surface area contributed by atoms with E-state index < -0.39 is 0 Å². The average Bonchev–Trinajstić information content (AvgIpc) is 2.19. The van der Waals surface area contributed by atoms with E-state index in [2.05, 4.69) is 11.8 Å². The normalized spacial score (nSPS) is 8.38. The van der Waals surface area contributed by atoms with Gasteiger partial charge in [0.05, 0.1) is 6.54 Å². The minimum absolute atomic E-state index is 0.471. The summed E-state index contributed by atoms with van der Waals surface area (Å²) in [6, 6.07) is 9.70. The fourth-order valence-electron chi connectivity index (χ4n) is 0.825. The van der Waals surface area contributed by atoms with Gasteiger partial charge in [0.15, 0.2) is 0 Å². The number of nitrogens with zero attached hydrogens (tertiary/aromatic N) is 1. The molecule has 0 heterocycles. The number of amides is 1. The maximum Gasteiger partial charge on any atom is 0.210 e. The van der Waals surface area contributed by atoms with Crippen molar-refractivity contribution in [2.24, 2.45) is 0 Å². The molecule has 2 nitrogen and oxygen atoms in total. The zero-order valence-electron chi connectivity index (χ0n) is 7.53. The molecule has 1 amide bonds. The second kappa shape index (κ2) is 5.00. The van der Waals surface area contributed by atoms with Gasteiger partial charge in [-0.3, -0.25) is 4.79 Å². The van der Waals surface area contributed by atoms with Crippen LogP contribution >= 0.6 is 0 Å². The Balaban J connectivity index is 2.53. The molecule has 0 radical (unpaired) electrons. The van der Waals surface area contributed by atoms with Crippen LogP contribution in [-0.2, 0) is 4.79 Å². The molecule has 0 aliphatic rings. The first-order valence-corrected chi connectivity index (χ1v) is 4.02. The maximum absolute atomic E-state index is 10.2. The molecule has 0 saturated heterocycles. The fourth-order valence-corrected chi connectivity index (χ4v) is 0.825. The molecule has 1 aromatic carbocycles. The minimum Gasteiger partial charge on any atom is -0.337 e. The molecule has 2 heteroatoms. The van der Waals surface area contributed by atoms with Crippen LogP contribution in [0.3, 0.4) is 0 Å². The summed E-state index contributed by atoms with van der Waals surface area (Å²) in [5.41, 5.74) is 0.974. The van der Waals surface area contributed by atoms with Crippen LogP contribution in [0.2, 0.25) is 0 Å². The number of carbonyl (C=O) groups is 1. The highest BCUT2D eigenvalue weighted by atomic mass is 16.1. The molecular formula is C11H11NO. The Labute approximate surface area is 78.2 Å². The van der Waals surface area contributed by atoms with Gasteiger partial charge in [0, 0.05) is 12.6 Å². The van der Waals surface area contributed by atoms with E-state index in [0.29, 0.717) is 6.54 Å². The van der Waals surface area contributed by atoms with Crippen molar-refractivity contribution in [3.8, 4) is 11.8 Å². The summed E-state index contributed by atoms with van der Waals surface area (Å²) in [6.07, 6.45) is 0.764. The average molecular weight is 173 g/mol. The Morgan fingerprint density at radius 2 is 2.08 bits per heavy atom. The molecule has 1 rings (SSSR count).